The van der Waals surface area contributed by atoms with Gasteiger partial charge in [0.15, 0.2) is 17.5 Å². The zero-order chi connectivity index (χ0) is 41.2. The highest BCUT2D eigenvalue weighted by molar-refractivity contribution is 7.27. The van der Waals surface area contributed by atoms with Crippen LogP contribution in [0.1, 0.15) is 0 Å². The van der Waals surface area contributed by atoms with Crippen molar-refractivity contribution in [2.24, 2.45) is 0 Å². The summed E-state index contributed by atoms with van der Waals surface area (Å²) in [6.07, 6.45) is 0. The number of anilines is 3. The molecule has 11 rings (SSSR count). The molecule has 0 fully saturated rings. The smallest absolute Gasteiger partial charge is 0.164 e. The Kier molecular flexibility index (Phi) is 9.69. The van der Waals surface area contributed by atoms with Crippen LogP contribution in [-0.2, 0) is 0 Å². The van der Waals surface area contributed by atoms with Crippen molar-refractivity contribution in [1.29, 1.82) is 0 Å². The summed E-state index contributed by atoms with van der Waals surface area (Å²) in [5, 5.41) is 2.45. The van der Waals surface area contributed by atoms with Crippen LogP contribution in [0.25, 0.3) is 87.7 Å². The van der Waals surface area contributed by atoms with Crippen molar-refractivity contribution >= 4 is 48.6 Å². The average molecular weight is 811 g/mol. The van der Waals surface area contributed by atoms with Gasteiger partial charge in [0.25, 0.3) is 0 Å². The first-order valence-corrected chi connectivity index (χ1v) is 21.6. The third-order valence-electron chi connectivity index (χ3n) is 11.3. The second kappa shape index (κ2) is 16.2. The molecule has 0 saturated carbocycles. The van der Waals surface area contributed by atoms with Gasteiger partial charge in [-0.25, -0.2) is 15.0 Å². The van der Waals surface area contributed by atoms with Crippen LogP contribution in [0.3, 0.4) is 0 Å². The molecule has 0 unspecified atom stereocenters. The molecule has 0 atom stereocenters. The third kappa shape index (κ3) is 7.11. The monoisotopic (exact) mass is 810 g/mol. The number of benzene rings is 9. The fourth-order valence-corrected chi connectivity index (χ4v) is 9.63. The summed E-state index contributed by atoms with van der Waals surface area (Å²) in [5.74, 6) is 1.93. The number of hydrogen-bond acceptors (Lipinski definition) is 5. The Morgan fingerprint density at radius 2 is 0.742 bits per heavy atom. The molecule has 5 heteroatoms. The van der Waals surface area contributed by atoms with Gasteiger partial charge in [-0.2, -0.15) is 0 Å². The summed E-state index contributed by atoms with van der Waals surface area (Å²) in [7, 11) is 0. The summed E-state index contributed by atoms with van der Waals surface area (Å²) in [5.41, 5.74) is 13.2. The van der Waals surface area contributed by atoms with Gasteiger partial charge in [-0.3, -0.25) is 0 Å². The Morgan fingerprint density at radius 1 is 0.290 bits per heavy atom. The standard InChI is InChI=1S/C57H38N4S/c1-5-17-39(18-6-1)41-33-35-47(36-34-41)61(48-28-14-25-44(38-48)40-19-7-2-8-20-40)52-32-16-31-51-50-30-15-29-49(53(50)62-54(51)52)45-26-13-27-46(37-45)57-59-55(42-21-9-3-10-22-42)58-56(60-57)43-23-11-4-12-24-43/h1-38H. The van der Waals surface area contributed by atoms with Gasteiger partial charge in [-0.15, -0.1) is 11.3 Å². The molecular formula is C57H38N4S. The van der Waals surface area contributed by atoms with Crippen molar-refractivity contribution in [3.63, 3.8) is 0 Å². The van der Waals surface area contributed by atoms with Crippen LogP contribution in [0.15, 0.2) is 231 Å². The van der Waals surface area contributed by atoms with E-state index in [2.05, 4.69) is 175 Å². The number of hydrogen-bond donors (Lipinski definition) is 0. The van der Waals surface area contributed by atoms with E-state index in [1.807, 2.05) is 72.0 Å². The SMILES string of the molecule is c1ccc(-c2ccc(N(c3cccc(-c4ccccc4)c3)c3cccc4c3sc3c(-c5cccc(-c6nc(-c7ccccc7)nc(-c7ccccc7)n6)c5)cccc34)cc2)cc1. The van der Waals surface area contributed by atoms with Crippen molar-refractivity contribution < 1.29 is 0 Å². The van der Waals surface area contributed by atoms with Gasteiger partial charge in [-0.1, -0.05) is 194 Å². The summed E-state index contributed by atoms with van der Waals surface area (Å²) in [4.78, 5) is 17.4. The zero-order valence-electron chi connectivity index (χ0n) is 33.6. The molecule has 62 heavy (non-hydrogen) atoms. The quantitative estimate of drug-likeness (QED) is 0.146. The minimum absolute atomic E-state index is 0.636. The maximum Gasteiger partial charge on any atom is 0.164 e. The number of rotatable bonds is 9. The van der Waals surface area contributed by atoms with Crippen LogP contribution >= 0.6 is 11.3 Å². The summed E-state index contributed by atoms with van der Waals surface area (Å²) in [6.45, 7) is 0. The molecule has 0 aliphatic carbocycles. The molecule has 11 aromatic rings. The average Bonchev–Trinajstić information content (AvgIpc) is 3.75. The Labute approximate surface area is 364 Å². The van der Waals surface area contributed by atoms with E-state index in [0.717, 1.165) is 39.3 Å². The second-order valence-electron chi connectivity index (χ2n) is 15.2. The first-order valence-electron chi connectivity index (χ1n) is 20.8. The Hall–Kier alpha value is -7.99. The van der Waals surface area contributed by atoms with Crippen molar-refractivity contribution in [2.45, 2.75) is 0 Å². The molecular weight excluding hydrogens is 773 g/mol. The molecule has 0 radical (unpaired) electrons. The van der Waals surface area contributed by atoms with Crippen LogP contribution in [0.2, 0.25) is 0 Å². The van der Waals surface area contributed by atoms with Gasteiger partial charge in [0.1, 0.15) is 0 Å². The van der Waals surface area contributed by atoms with Crippen LogP contribution in [-0.4, -0.2) is 15.0 Å². The molecule has 0 spiro atoms. The Balaban J connectivity index is 1.05. The van der Waals surface area contributed by atoms with Gasteiger partial charge < -0.3 is 4.90 Å². The maximum absolute atomic E-state index is 5.04. The van der Waals surface area contributed by atoms with E-state index in [-0.39, 0.29) is 0 Å². The summed E-state index contributed by atoms with van der Waals surface area (Å²) >= 11 is 1.85. The van der Waals surface area contributed by atoms with E-state index in [0.29, 0.717) is 17.5 Å². The molecule has 0 N–H and O–H groups in total. The minimum Gasteiger partial charge on any atom is -0.309 e. The molecule has 4 nitrogen and oxygen atoms in total. The van der Waals surface area contributed by atoms with Crippen LogP contribution < -0.4 is 4.90 Å². The van der Waals surface area contributed by atoms with Crippen molar-refractivity contribution in [3.05, 3.63) is 231 Å². The lowest BCUT2D eigenvalue weighted by Gasteiger charge is -2.27. The predicted octanol–water partition coefficient (Wildman–Crippen LogP) is 15.7. The maximum atomic E-state index is 5.04. The lowest BCUT2D eigenvalue weighted by atomic mass is 10.00. The summed E-state index contributed by atoms with van der Waals surface area (Å²) < 4.78 is 2.45. The van der Waals surface area contributed by atoms with Gasteiger partial charge in [0.2, 0.25) is 0 Å². The van der Waals surface area contributed by atoms with E-state index in [4.69, 9.17) is 15.0 Å². The molecule has 0 bridgehead atoms. The number of thiophene rings is 1. The first kappa shape index (κ1) is 37.0. The minimum atomic E-state index is 0.636. The number of nitrogens with zero attached hydrogens (tertiary/aromatic N) is 4. The van der Waals surface area contributed by atoms with Gasteiger partial charge in [0.05, 0.1) is 10.4 Å². The van der Waals surface area contributed by atoms with Crippen LogP contribution in [0.5, 0.6) is 0 Å². The fourth-order valence-electron chi connectivity index (χ4n) is 8.29. The molecule has 292 valence electrons. The van der Waals surface area contributed by atoms with Crippen LogP contribution in [0, 0.1) is 0 Å². The Morgan fingerprint density at radius 3 is 1.37 bits per heavy atom. The molecule has 0 amide bonds. The largest absolute Gasteiger partial charge is 0.309 e. The summed E-state index contributed by atoms with van der Waals surface area (Å²) in [6, 6.07) is 81.2. The molecule has 0 saturated heterocycles. The van der Waals surface area contributed by atoms with Gasteiger partial charge >= 0.3 is 0 Å². The lowest BCUT2D eigenvalue weighted by Crippen LogP contribution is -2.10. The highest BCUT2D eigenvalue weighted by Crippen LogP contribution is 2.48. The zero-order valence-corrected chi connectivity index (χ0v) is 34.5. The number of aromatic nitrogens is 3. The van der Waals surface area contributed by atoms with Crippen molar-refractivity contribution in [1.82, 2.24) is 15.0 Å². The fraction of sp³-hybridized carbons (Fsp3) is 0. The van der Waals surface area contributed by atoms with Crippen molar-refractivity contribution in [2.75, 3.05) is 4.90 Å². The molecule has 2 aromatic heterocycles. The molecule has 0 aliphatic rings. The molecule has 0 aliphatic heterocycles. The Bertz CT molecular complexity index is 3270. The normalized spacial score (nSPS) is 11.2. The topological polar surface area (TPSA) is 41.9 Å². The molecule has 9 aromatic carbocycles. The van der Waals surface area contributed by atoms with E-state index in [1.165, 1.54) is 48.0 Å². The lowest BCUT2D eigenvalue weighted by molar-refractivity contribution is 1.07. The van der Waals surface area contributed by atoms with E-state index in [9.17, 15) is 0 Å². The van der Waals surface area contributed by atoms with E-state index >= 15 is 0 Å². The first-order chi connectivity index (χ1) is 30.7. The van der Waals surface area contributed by atoms with E-state index < -0.39 is 0 Å². The second-order valence-corrected chi connectivity index (χ2v) is 16.2. The third-order valence-corrected chi connectivity index (χ3v) is 12.6. The van der Waals surface area contributed by atoms with Gasteiger partial charge in [-0.05, 0) is 69.8 Å². The highest BCUT2D eigenvalue weighted by Gasteiger charge is 2.21. The highest BCUT2D eigenvalue weighted by atomic mass is 32.1. The van der Waals surface area contributed by atoms with E-state index in [1.54, 1.807) is 0 Å². The predicted molar refractivity (Wildman–Crippen MR) is 260 cm³/mol. The van der Waals surface area contributed by atoms with Crippen molar-refractivity contribution in [3.8, 4) is 67.5 Å². The van der Waals surface area contributed by atoms with Crippen LogP contribution in [0.4, 0.5) is 17.1 Å². The van der Waals surface area contributed by atoms with Gasteiger partial charge in [0, 0.05) is 43.5 Å². The molecule has 2 heterocycles. The number of fused-ring (bicyclic) bond motifs is 3.